The Kier molecular flexibility index (Phi) is 4.42. The molecule has 1 fully saturated rings. The molecule has 104 valence electrons. The van der Waals surface area contributed by atoms with E-state index in [-0.39, 0.29) is 17.8 Å². The molecule has 0 amide bonds. The second-order valence-electron chi connectivity index (χ2n) is 5.05. The van der Waals surface area contributed by atoms with Gasteiger partial charge < -0.3 is 10.4 Å². The topological polar surface area (TPSA) is 75.4 Å². The van der Waals surface area contributed by atoms with Crippen LogP contribution in [0.1, 0.15) is 32.1 Å². The zero-order valence-corrected chi connectivity index (χ0v) is 12.1. The van der Waals surface area contributed by atoms with Crippen LogP contribution < -0.4 is 5.32 Å². The van der Waals surface area contributed by atoms with Gasteiger partial charge in [-0.05, 0) is 34.8 Å². The van der Waals surface area contributed by atoms with Crippen LogP contribution >= 0.6 is 15.9 Å². The Hall–Kier alpha value is -1.14. The quantitative estimate of drug-likeness (QED) is 0.655. The lowest BCUT2D eigenvalue weighted by Crippen LogP contribution is -2.43. The third kappa shape index (κ3) is 3.25. The molecule has 0 unspecified atom stereocenters. The number of nitro benzene ring substituents is 1. The molecule has 2 N–H and O–H groups in total. The van der Waals surface area contributed by atoms with Crippen molar-refractivity contribution in [2.75, 3.05) is 11.9 Å². The number of nitro groups is 1. The average molecular weight is 329 g/mol. The van der Waals surface area contributed by atoms with Crippen molar-refractivity contribution in [3.8, 4) is 0 Å². The number of nitrogens with one attached hydrogen (secondary N) is 1. The van der Waals surface area contributed by atoms with Crippen LogP contribution in [0.2, 0.25) is 0 Å². The maximum Gasteiger partial charge on any atom is 0.270 e. The number of non-ortho nitro benzene ring substituents is 1. The summed E-state index contributed by atoms with van der Waals surface area (Å²) in [6.45, 7) is 0.0798. The van der Waals surface area contributed by atoms with Crippen LogP contribution in [0.3, 0.4) is 0 Å². The van der Waals surface area contributed by atoms with Crippen LogP contribution in [0.4, 0.5) is 11.4 Å². The van der Waals surface area contributed by atoms with Crippen LogP contribution in [-0.4, -0.2) is 22.2 Å². The van der Waals surface area contributed by atoms with Gasteiger partial charge in [0.15, 0.2) is 0 Å². The van der Waals surface area contributed by atoms with Gasteiger partial charge in [0.25, 0.3) is 5.69 Å². The van der Waals surface area contributed by atoms with Crippen molar-refractivity contribution in [3.05, 3.63) is 32.8 Å². The molecule has 0 radical (unpaired) electrons. The summed E-state index contributed by atoms with van der Waals surface area (Å²) in [7, 11) is 0. The number of anilines is 1. The maximum atomic E-state index is 10.7. The van der Waals surface area contributed by atoms with Crippen molar-refractivity contribution in [2.45, 2.75) is 37.6 Å². The summed E-state index contributed by atoms with van der Waals surface area (Å²) < 4.78 is 0.653. The minimum Gasteiger partial charge on any atom is -0.394 e. The molecular weight excluding hydrogens is 312 g/mol. The van der Waals surface area contributed by atoms with E-state index in [4.69, 9.17) is 0 Å². The molecule has 0 spiro atoms. The standard InChI is InChI=1S/C13H17BrN2O3/c14-11-8-10(16(18)19)4-5-12(11)15-13(9-17)6-2-1-3-7-13/h4-5,8,15,17H,1-3,6-7,9H2. The zero-order valence-electron chi connectivity index (χ0n) is 10.6. The molecule has 0 heterocycles. The molecule has 2 rings (SSSR count). The third-order valence-electron chi connectivity index (χ3n) is 3.68. The third-order valence-corrected chi connectivity index (χ3v) is 4.33. The van der Waals surface area contributed by atoms with Crippen LogP contribution in [0.5, 0.6) is 0 Å². The molecule has 1 aliphatic carbocycles. The van der Waals surface area contributed by atoms with E-state index in [1.165, 1.54) is 18.6 Å². The van der Waals surface area contributed by atoms with E-state index in [1.54, 1.807) is 6.07 Å². The Morgan fingerprint density at radius 1 is 1.37 bits per heavy atom. The first-order valence-corrected chi connectivity index (χ1v) is 7.19. The maximum absolute atomic E-state index is 10.7. The minimum absolute atomic E-state index is 0.0547. The molecule has 0 aromatic heterocycles. The van der Waals surface area contributed by atoms with Crippen LogP contribution in [0.25, 0.3) is 0 Å². The number of hydrogen-bond donors (Lipinski definition) is 2. The van der Waals surface area contributed by atoms with Crippen molar-refractivity contribution in [3.63, 3.8) is 0 Å². The lowest BCUT2D eigenvalue weighted by molar-refractivity contribution is -0.384. The average Bonchev–Trinajstić information content (AvgIpc) is 2.42. The second-order valence-corrected chi connectivity index (χ2v) is 5.90. The fourth-order valence-electron chi connectivity index (χ4n) is 2.56. The summed E-state index contributed by atoms with van der Waals surface area (Å²) in [5, 5.41) is 23.7. The number of benzene rings is 1. The Balaban J connectivity index is 2.20. The Labute approximate surface area is 120 Å². The van der Waals surface area contributed by atoms with E-state index in [0.29, 0.717) is 4.47 Å². The highest BCUT2D eigenvalue weighted by Gasteiger charge is 2.31. The molecular formula is C13H17BrN2O3. The number of nitrogens with zero attached hydrogens (tertiary/aromatic N) is 1. The first kappa shape index (κ1) is 14.3. The number of aliphatic hydroxyl groups is 1. The molecule has 1 saturated carbocycles. The van der Waals surface area contributed by atoms with Gasteiger partial charge in [-0.1, -0.05) is 19.3 Å². The molecule has 0 aliphatic heterocycles. The number of halogens is 1. The molecule has 0 saturated heterocycles. The molecule has 1 aliphatic rings. The highest BCUT2D eigenvalue weighted by Crippen LogP contribution is 2.35. The van der Waals surface area contributed by atoms with Crippen molar-refractivity contribution >= 4 is 27.3 Å². The predicted molar refractivity (Wildman–Crippen MR) is 77.3 cm³/mol. The molecule has 1 aromatic carbocycles. The number of rotatable bonds is 4. The highest BCUT2D eigenvalue weighted by molar-refractivity contribution is 9.10. The van der Waals surface area contributed by atoms with Crippen molar-refractivity contribution in [1.29, 1.82) is 0 Å². The second kappa shape index (κ2) is 5.88. The summed E-state index contributed by atoms with van der Waals surface area (Å²) in [6.07, 6.45) is 5.24. The van der Waals surface area contributed by atoms with E-state index in [1.807, 2.05) is 0 Å². The lowest BCUT2D eigenvalue weighted by atomic mass is 9.82. The van der Waals surface area contributed by atoms with Gasteiger partial charge in [0.05, 0.1) is 17.1 Å². The van der Waals surface area contributed by atoms with Crippen molar-refractivity contribution in [2.24, 2.45) is 0 Å². The number of hydrogen-bond acceptors (Lipinski definition) is 4. The van der Waals surface area contributed by atoms with Gasteiger partial charge in [-0.2, -0.15) is 0 Å². The summed E-state index contributed by atoms with van der Waals surface area (Å²) in [5.74, 6) is 0. The largest absolute Gasteiger partial charge is 0.394 e. The monoisotopic (exact) mass is 328 g/mol. The van der Waals surface area contributed by atoms with E-state index in [0.717, 1.165) is 31.4 Å². The molecule has 0 bridgehead atoms. The number of aliphatic hydroxyl groups excluding tert-OH is 1. The van der Waals surface area contributed by atoms with Gasteiger partial charge in [-0.3, -0.25) is 10.1 Å². The summed E-state index contributed by atoms with van der Waals surface area (Å²) in [6, 6.07) is 4.64. The molecule has 6 heteroatoms. The molecule has 0 atom stereocenters. The molecule has 19 heavy (non-hydrogen) atoms. The lowest BCUT2D eigenvalue weighted by Gasteiger charge is -2.37. The summed E-state index contributed by atoms with van der Waals surface area (Å²) >= 11 is 3.35. The SMILES string of the molecule is O=[N+]([O-])c1ccc(NC2(CO)CCCCC2)c(Br)c1. The van der Waals surface area contributed by atoms with E-state index < -0.39 is 4.92 Å². The van der Waals surface area contributed by atoms with Crippen LogP contribution in [0.15, 0.2) is 22.7 Å². The fourth-order valence-corrected chi connectivity index (χ4v) is 3.02. The van der Waals surface area contributed by atoms with Gasteiger partial charge in [-0.25, -0.2) is 0 Å². The van der Waals surface area contributed by atoms with E-state index in [9.17, 15) is 15.2 Å². The van der Waals surface area contributed by atoms with Crippen molar-refractivity contribution < 1.29 is 10.0 Å². The van der Waals surface area contributed by atoms with Gasteiger partial charge in [0, 0.05) is 22.3 Å². The first-order valence-electron chi connectivity index (χ1n) is 6.39. The first-order chi connectivity index (χ1) is 9.06. The van der Waals surface area contributed by atoms with E-state index in [2.05, 4.69) is 21.2 Å². The normalized spacial score (nSPS) is 18.0. The van der Waals surface area contributed by atoms with Gasteiger partial charge >= 0.3 is 0 Å². The van der Waals surface area contributed by atoms with Crippen LogP contribution in [-0.2, 0) is 0 Å². The zero-order chi connectivity index (χ0) is 13.9. The summed E-state index contributed by atoms with van der Waals surface area (Å²) in [5.41, 5.74) is 0.553. The van der Waals surface area contributed by atoms with Crippen LogP contribution in [0, 0.1) is 10.1 Å². The smallest absolute Gasteiger partial charge is 0.270 e. The minimum atomic E-state index is -0.420. The van der Waals surface area contributed by atoms with Gasteiger partial charge in [-0.15, -0.1) is 0 Å². The predicted octanol–water partition coefficient (Wildman–Crippen LogP) is 3.46. The van der Waals surface area contributed by atoms with Crippen molar-refractivity contribution in [1.82, 2.24) is 0 Å². The summed E-state index contributed by atoms with van der Waals surface area (Å²) in [4.78, 5) is 10.3. The van der Waals surface area contributed by atoms with Gasteiger partial charge in [0.2, 0.25) is 0 Å². The Morgan fingerprint density at radius 2 is 2.05 bits per heavy atom. The highest BCUT2D eigenvalue weighted by atomic mass is 79.9. The molecule has 1 aromatic rings. The Bertz CT molecular complexity index is 473. The van der Waals surface area contributed by atoms with Gasteiger partial charge in [0.1, 0.15) is 0 Å². The van der Waals surface area contributed by atoms with E-state index >= 15 is 0 Å². The Morgan fingerprint density at radius 3 is 2.58 bits per heavy atom. The molecule has 5 nitrogen and oxygen atoms in total. The fraction of sp³-hybridized carbons (Fsp3) is 0.538.